The van der Waals surface area contributed by atoms with E-state index in [1.165, 1.54) is 31.4 Å². The minimum Gasteiger partial charge on any atom is -0.508 e. The molecule has 0 fully saturated rings. The lowest BCUT2D eigenvalue weighted by Gasteiger charge is -2.12. The number of aromatic hydroxyl groups is 2. The van der Waals surface area contributed by atoms with Crippen LogP contribution in [-0.4, -0.2) is 33.0 Å². The molecule has 0 unspecified atom stereocenters. The highest BCUT2D eigenvalue weighted by molar-refractivity contribution is 6.04. The number of ether oxygens (including phenoxy) is 1. The van der Waals surface area contributed by atoms with Crippen molar-refractivity contribution in [3.63, 3.8) is 0 Å². The van der Waals surface area contributed by atoms with Gasteiger partial charge in [-0.3, -0.25) is 9.59 Å². The molecule has 26 heavy (non-hydrogen) atoms. The Morgan fingerprint density at radius 1 is 1.12 bits per heavy atom. The third-order valence-corrected chi connectivity index (χ3v) is 3.57. The standard InChI is InChI=1S/C18H15N3O5/c1-26-15-5-3-2-4-13(15)21-16(24)10-14(23)17(20-21)18(25)19-11-6-8-12(22)9-7-11/h2-10,22-23H,1H3,(H,19,25). The molecule has 0 atom stereocenters. The van der Waals surface area contributed by atoms with Gasteiger partial charge in [0.1, 0.15) is 17.2 Å². The summed E-state index contributed by atoms with van der Waals surface area (Å²) in [4.78, 5) is 24.6. The first-order valence-electron chi connectivity index (χ1n) is 7.56. The summed E-state index contributed by atoms with van der Waals surface area (Å²) in [6, 6.07) is 13.4. The van der Waals surface area contributed by atoms with Crippen molar-refractivity contribution < 1.29 is 19.7 Å². The van der Waals surface area contributed by atoms with E-state index in [0.717, 1.165) is 10.7 Å². The molecule has 0 spiro atoms. The summed E-state index contributed by atoms with van der Waals surface area (Å²) in [6.07, 6.45) is 0. The number of benzene rings is 2. The van der Waals surface area contributed by atoms with Crippen molar-refractivity contribution in [2.24, 2.45) is 0 Å². The summed E-state index contributed by atoms with van der Waals surface area (Å²) in [7, 11) is 1.45. The molecule has 1 aromatic heterocycles. The zero-order chi connectivity index (χ0) is 18.7. The van der Waals surface area contributed by atoms with Gasteiger partial charge in [0, 0.05) is 11.8 Å². The molecule has 0 saturated carbocycles. The van der Waals surface area contributed by atoms with Gasteiger partial charge >= 0.3 is 0 Å². The lowest BCUT2D eigenvalue weighted by atomic mass is 10.2. The van der Waals surface area contributed by atoms with Crippen molar-refractivity contribution in [3.05, 3.63) is 70.6 Å². The molecule has 3 aromatic rings. The molecule has 3 N–H and O–H groups in total. The van der Waals surface area contributed by atoms with Crippen LogP contribution in [0.1, 0.15) is 10.5 Å². The van der Waals surface area contributed by atoms with Crippen LogP contribution in [0.15, 0.2) is 59.4 Å². The van der Waals surface area contributed by atoms with Crippen molar-refractivity contribution in [1.29, 1.82) is 0 Å². The van der Waals surface area contributed by atoms with E-state index < -0.39 is 17.2 Å². The number of para-hydroxylation sites is 2. The minimum atomic E-state index is -0.711. The fourth-order valence-electron chi connectivity index (χ4n) is 2.32. The minimum absolute atomic E-state index is 0.0497. The van der Waals surface area contributed by atoms with Crippen molar-refractivity contribution >= 4 is 11.6 Å². The number of methoxy groups -OCH3 is 1. The van der Waals surface area contributed by atoms with Gasteiger partial charge in [-0.15, -0.1) is 0 Å². The molecular formula is C18H15N3O5. The molecule has 132 valence electrons. The molecule has 1 amide bonds. The average molecular weight is 353 g/mol. The molecule has 2 aromatic carbocycles. The van der Waals surface area contributed by atoms with E-state index in [4.69, 9.17) is 4.74 Å². The number of rotatable bonds is 4. The second-order valence-electron chi connectivity index (χ2n) is 5.30. The molecule has 0 aliphatic heterocycles. The predicted molar refractivity (Wildman–Crippen MR) is 94.1 cm³/mol. The zero-order valence-electron chi connectivity index (χ0n) is 13.7. The number of amides is 1. The maximum absolute atomic E-state index is 12.4. The normalized spacial score (nSPS) is 10.3. The summed E-state index contributed by atoms with van der Waals surface area (Å²) in [6.45, 7) is 0. The molecule has 0 saturated heterocycles. The molecule has 1 heterocycles. The summed E-state index contributed by atoms with van der Waals surface area (Å²) in [5, 5.41) is 25.8. The van der Waals surface area contributed by atoms with Crippen molar-refractivity contribution in [3.8, 4) is 22.9 Å². The van der Waals surface area contributed by atoms with Crippen LogP contribution in [0.2, 0.25) is 0 Å². The number of phenols is 1. The van der Waals surface area contributed by atoms with Gasteiger partial charge in [0.2, 0.25) is 0 Å². The number of nitrogens with one attached hydrogen (secondary N) is 1. The quantitative estimate of drug-likeness (QED) is 0.618. The largest absolute Gasteiger partial charge is 0.508 e. The number of carbonyl (C=O) groups is 1. The van der Waals surface area contributed by atoms with Crippen LogP contribution in [0, 0.1) is 0 Å². The maximum atomic E-state index is 12.4. The Kier molecular flexibility index (Phi) is 4.57. The smallest absolute Gasteiger partial charge is 0.279 e. The topological polar surface area (TPSA) is 114 Å². The molecule has 0 radical (unpaired) electrons. The Balaban J connectivity index is 2.01. The van der Waals surface area contributed by atoms with Gasteiger partial charge in [-0.05, 0) is 36.4 Å². The molecule has 0 aliphatic rings. The molecule has 3 rings (SSSR count). The number of carbonyl (C=O) groups excluding carboxylic acids is 1. The van der Waals surface area contributed by atoms with Crippen LogP contribution in [0.3, 0.4) is 0 Å². The van der Waals surface area contributed by atoms with E-state index in [9.17, 15) is 19.8 Å². The molecule has 8 heteroatoms. The van der Waals surface area contributed by atoms with E-state index in [2.05, 4.69) is 10.4 Å². The number of aromatic nitrogens is 2. The van der Waals surface area contributed by atoms with Crippen molar-refractivity contribution in [2.45, 2.75) is 0 Å². The second kappa shape index (κ2) is 6.98. The van der Waals surface area contributed by atoms with Gasteiger partial charge in [0.05, 0.1) is 7.11 Å². The SMILES string of the molecule is COc1ccccc1-n1nc(C(=O)Nc2ccc(O)cc2)c(O)cc1=O. The summed E-state index contributed by atoms with van der Waals surface area (Å²) < 4.78 is 6.18. The fraction of sp³-hybridized carbons (Fsp3) is 0.0556. The first-order valence-corrected chi connectivity index (χ1v) is 7.56. The zero-order valence-corrected chi connectivity index (χ0v) is 13.7. The number of phenolic OH excluding ortho intramolecular Hbond substituents is 1. The highest BCUT2D eigenvalue weighted by atomic mass is 16.5. The molecular weight excluding hydrogens is 338 g/mol. The molecule has 8 nitrogen and oxygen atoms in total. The third-order valence-electron chi connectivity index (χ3n) is 3.57. The molecule has 0 aliphatic carbocycles. The van der Waals surface area contributed by atoms with E-state index in [1.807, 2.05) is 0 Å². The number of anilines is 1. The van der Waals surface area contributed by atoms with Crippen LogP contribution in [0.5, 0.6) is 17.2 Å². The first-order chi connectivity index (χ1) is 12.5. The number of hydrogen-bond donors (Lipinski definition) is 3. The number of hydrogen-bond acceptors (Lipinski definition) is 6. The Morgan fingerprint density at radius 2 is 1.81 bits per heavy atom. The van der Waals surface area contributed by atoms with E-state index in [-0.39, 0.29) is 11.4 Å². The monoisotopic (exact) mass is 353 g/mol. The Hall–Kier alpha value is -3.81. The van der Waals surface area contributed by atoms with Gasteiger partial charge in [-0.25, -0.2) is 0 Å². The predicted octanol–water partition coefficient (Wildman–Crippen LogP) is 1.90. The van der Waals surface area contributed by atoms with Gasteiger partial charge in [-0.2, -0.15) is 9.78 Å². The summed E-state index contributed by atoms with van der Waals surface area (Å²) in [5.74, 6) is -0.819. The lowest BCUT2D eigenvalue weighted by Crippen LogP contribution is -2.25. The maximum Gasteiger partial charge on any atom is 0.279 e. The van der Waals surface area contributed by atoms with E-state index in [0.29, 0.717) is 17.1 Å². The summed E-state index contributed by atoms with van der Waals surface area (Å²) in [5.41, 5.74) is -0.223. The average Bonchev–Trinajstić information content (AvgIpc) is 2.63. The second-order valence-corrected chi connectivity index (χ2v) is 5.30. The highest BCUT2D eigenvalue weighted by Gasteiger charge is 2.18. The van der Waals surface area contributed by atoms with Gasteiger partial charge < -0.3 is 20.3 Å². The van der Waals surface area contributed by atoms with E-state index >= 15 is 0 Å². The summed E-state index contributed by atoms with van der Waals surface area (Å²) >= 11 is 0. The van der Waals surface area contributed by atoms with Crippen molar-refractivity contribution in [1.82, 2.24) is 9.78 Å². The van der Waals surface area contributed by atoms with Gasteiger partial charge in [-0.1, -0.05) is 12.1 Å². The highest BCUT2D eigenvalue weighted by Crippen LogP contribution is 2.22. The van der Waals surface area contributed by atoms with Gasteiger partial charge in [0.15, 0.2) is 11.4 Å². The lowest BCUT2D eigenvalue weighted by molar-refractivity contribution is 0.101. The van der Waals surface area contributed by atoms with Crippen molar-refractivity contribution in [2.75, 3.05) is 12.4 Å². The first kappa shape index (κ1) is 17.0. The number of nitrogens with zero attached hydrogens (tertiary/aromatic N) is 2. The fourth-order valence-corrected chi connectivity index (χ4v) is 2.32. The molecule has 0 bridgehead atoms. The van der Waals surface area contributed by atoms with Crippen LogP contribution in [0.4, 0.5) is 5.69 Å². The van der Waals surface area contributed by atoms with E-state index in [1.54, 1.807) is 24.3 Å². The Bertz CT molecular complexity index is 1010. The van der Waals surface area contributed by atoms with Crippen LogP contribution < -0.4 is 15.6 Å². The Morgan fingerprint density at radius 3 is 2.50 bits per heavy atom. The van der Waals surface area contributed by atoms with Crippen LogP contribution >= 0.6 is 0 Å². The third kappa shape index (κ3) is 3.34. The van der Waals surface area contributed by atoms with Crippen LogP contribution in [0.25, 0.3) is 5.69 Å². The van der Waals surface area contributed by atoms with Crippen LogP contribution in [-0.2, 0) is 0 Å². The Labute approximate surface area is 147 Å². The van der Waals surface area contributed by atoms with Gasteiger partial charge in [0.25, 0.3) is 11.5 Å².